The van der Waals surface area contributed by atoms with Crippen molar-refractivity contribution in [2.24, 2.45) is 0 Å². The summed E-state index contributed by atoms with van der Waals surface area (Å²) in [6, 6.07) is 3.36. The largest absolute Gasteiger partial charge is 0.497 e. The number of Topliss-reactive ketones (excluding diaryl/α,β-unsaturated/α-hetero) is 1. The molecule has 114 valence electrons. The van der Waals surface area contributed by atoms with Crippen molar-refractivity contribution in [1.82, 2.24) is 4.98 Å². The smallest absolute Gasteiger partial charge is 0.308 e. The van der Waals surface area contributed by atoms with E-state index in [2.05, 4.69) is 4.98 Å². The Bertz CT molecular complexity index is 766. The van der Waals surface area contributed by atoms with Gasteiger partial charge in [0.25, 0.3) is 0 Å². The van der Waals surface area contributed by atoms with Crippen LogP contribution >= 0.6 is 11.3 Å². The number of rotatable bonds is 3. The Morgan fingerprint density at radius 1 is 1.41 bits per heavy atom. The molecule has 22 heavy (non-hydrogen) atoms. The second kappa shape index (κ2) is 5.53. The fraction of sp³-hybridized carbons (Fsp3) is 0.312. The Morgan fingerprint density at radius 2 is 2.18 bits per heavy atom. The molecular weight excluding hydrogens is 302 g/mol. The summed E-state index contributed by atoms with van der Waals surface area (Å²) in [6.07, 6.45) is 0.361. The molecule has 1 aliphatic carbocycles. The van der Waals surface area contributed by atoms with Gasteiger partial charge in [-0.2, -0.15) is 0 Å². The van der Waals surface area contributed by atoms with Gasteiger partial charge >= 0.3 is 5.97 Å². The minimum absolute atomic E-state index is 0.0279. The highest BCUT2D eigenvalue weighted by molar-refractivity contribution is 7.09. The summed E-state index contributed by atoms with van der Waals surface area (Å²) in [5.41, 5.74) is 3.99. The first-order chi connectivity index (χ1) is 10.5. The molecule has 0 N–H and O–H groups in total. The molecule has 0 saturated heterocycles. The molecule has 3 rings (SSSR count). The zero-order chi connectivity index (χ0) is 15.9. The summed E-state index contributed by atoms with van der Waals surface area (Å²) in [5, 5.41) is 0. The second-order valence-corrected chi connectivity index (χ2v) is 6.05. The van der Waals surface area contributed by atoms with Gasteiger partial charge in [0.05, 0.1) is 18.3 Å². The highest BCUT2D eigenvalue weighted by Gasteiger charge is 2.36. The van der Waals surface area contributed by atoms with Gasteiger partial charge in [-0.3, -0.25) is 9.59 Å². The number of ether oxygens (including phenoxy) is 2. The summed E-state index contributed by atoms with van der Waals surface area (Å²) in [5.74, 6) is 0.389. The zero-order valence-electron chi connectivity index (χ0n) is 12.5. The number of carbonyl (C=O) groups is 2. The minimum atomic E-state index is -0.422. The third-order valence-electron chi connectivity index (χ3n) is 3.74. The molecule has 2 aromatic rings. The number of thiazole rings is 1. The molecule has 0 spiro atoms. The van der Waals surface area contributed by atoms with Crippen LogP contribution in [0.15, 0.2) is 17.6 Å². The lowest BCUT2D eigenvalue weighted by Gasteiger charge is -2.15. The Morgan fingerprint density at radius 3 is 2.77 bits per heavy atom. The fourth-order valence-corrected chi connectivity index (χ4v) is 3.73. The van der Waals surface area contributed by atoms with E-state index >= 15 is 0 Å². The lowest BCUT2D eigenvalue weighted by atomic mass is 9.97. The molecule has 0 bridgehead atoms. The van der Waals surface area contributed by atoms with Crippen molar-refractivity contribution >= 4 is 23.1 Å². The lowest BCUT2D eigenvalue weighted by Crippen LogP contribution is -2.07. The van der Waals surface area contributed by atoms with Gasteiger partial charge in [0.15, 0.2) is 5.78 Å². The van der Waals surface area contributed by atoms with Gasteiger partial charge in [-0.25, -0.2) is 4.98 Å². The number of hydrogen-bond donors (Lipinski definition) is 0. The number of fused-ring (bicyclic) bond motifs is 1. The van der Waals surface area contributed by atoms with Crippen LogP contribution in [-0.2, 0) is 4.79 Å². The van der Waals surface area contributed by atoms with Crippen LogP contribution < -0.4 is 9.47 Å². The zero-order valence-corrected chi connectivity index (χ0v) is 13.3. The Balaban J connectivity index is 2.19. The third-order valence-corrected chi connectivity index (χ3v) is 4.79. The Labute approximate surface area is 131 Å². The van der Waals surface area contributed by atoms with Gasteiger partial charge in [0.1, 0.15) is 11.5 Å². The number of carbonyl (C=O) groups excluding carboxylic acids is 2. The van der Waals surface area contributed by atoms with E-state index in [4.69, 9.17) is 9.47 Å². The van der Waals surface area contributed by atoms with Gasteiger partial charge in [-0.05, 0) is 13.0 Å². The Hall–Kier alpha value is -2.21. The van der Waals surface area contributed by atoms with Gasteiger partial charge in [0.2, 0.25) is 0 Å². The Kier molecular flexibility index (Phi) is 3.70. The predicted octanol–water partition coefficient (Wildman–Crippen LogP) is 3.10. The van der Waals surface area contributed by atoms with Crippen LogP contribution in [0.4, 0.5) is 0 Å². The summed E-state index contributed by atoms with van der Waals surface area (Å²) < 4.78 is 10.5. The van der Waals surface area contributed by atoms with Gasteiger partial charge in [0, 0.05) is 41.3 Å². The first-order valence-electron chi connectivity index (χ1n) is 6.84. The number of benzene rings is 1. The monoisotopic (exact) mass is 317 g/mol. The molecule has 1 heterocycles. The van der Waals surface area contributed by atoms with Crippen molar-refractivity contribution in [2.75, 3.05) is 7.11 Å². The van der Waals surface area contributed by atoms with Crippen LogP contribution in [0, 0.1) is 6.92 Å². The number of nitrogens with zero attached hydrogens (tertiary/aromatic N) is 1. The van der Waals surface area contributed by atoms with Crippen molar-refractivity contribution in [1.29, 1.82) is 0 Å². The number of ketones is 1. The number of methoxy groups -OCH3 is 1. The molecule has 1 aromatic heterocycles. The normalized spacial score (nSPS) is 16.5. The van der Waals surface area contributed by atoms with Gasteiger partial charge in [-0.1, -0.05) is 0 Å². The molecular formula is C16H15NO4S. The quantitative estimate of drug-likeness (QED) is 0.643. The van der Waals surface area contributed by atoms with Crippen LogP contribution in [0.1, 0.15) is 45.8 Å². The maximum Gasteiger partial charge on any atom is 0.308 e. The van der Waals surface area contributed by atoms with E-state index in [0.29, 0.717) is 23.5 Å². The first kappa shape index (κ1) is 14.7. The molecule has 1 unspecified atom stereocenters. The van der Waals surface area contributed by atoms with Crippen LogP contribution in [0.25, 0.3) is 0 Å². The summed E-state index contributed by atoms with van der Waals surface area (Å²) in [7, 11) is 1.52. The number of aryl methyl sites for hydroxylation is 1. The van der Waals surface area contributed by atoms with Gasteiger partial charge < -0.3 is 9.47 Å². The van der Waals surface area contributed by atoms with E-state index < -0.39 is 5.97 Å². The standard InChI is InChI=1S/C16H15NO4S/c1-8-16(22-7-17-8)12-6-13(19)11-4-10(20-3)5-14(15(11)12)21-9(2)18/h4-5,7,12H,6H2,1-3H3. The van der Waals surface area contributed by atoms with Crippen LogP contribution in [0.3, 0.4) is 0 Å². The molecule has 0 fully saturated rings. The van der Waals surface area contributed by atoms with E-state index in [1.54, 1.807) is 17.6 Å². The molecule has 1 aromatic carbocycles. The molecule has 6 heteroatoms. The van der Waals surface area contributed by atoms with Crippen molar-refractivity contribution < 1.29 is 19.1 Å². The van der Waals surface area contributed by atoms with Crippen molar-refractivity contribution in [2.45, 2.75) is 26.2 Å². The topological polar surface area (TPSA) is 65.5 Å². The maximum absolute atomic E-state index is 12.4. The predicted molar refractivity (Wildman–Crippen MR) is 81.9 cm³/mol. The van der Waals surface area contributed by atoms with Crippen LogP contribution in [-0.4, -0.2) is 23.8 Å². The molecule has 0 amide bonds. The first-order valence-corrected chi connectivity index (χ1v) is 7.72. The van der Waals surface area contributed by atoms with Crippen LogP contribution in [0.5, 0.6) is 11.5 Å². The van der Waals surface area contributed by atoms with E-state index in [0.717, 1.165) is 16.1 Å². The van der Waals surface area contributed by atoms with Crippen molar-refractivity contribution in [3.63, 3.8) is 0 Å². The highest BCUT2D eigenvalue weighted by Crippen LogP contribution is 2.47. The molecule has 1 aliphatic rings. The minimum Gasteiger partial charge on any atom is -0.497 e. The molecule has 0 saturated carbocycles. The molecule has 5 nitrogen and oxygen atoms in total. The lowest BCUT2D eigenvalue weighted by molar-refractivity contribution is -0.131. The second-order valence-electron chi connectivity index (χ2n) is 5.16. The third kappa shape index (κ3) is 2.39. The average Bonchev–Trinajstić information content (AvgIpc) is 3.02. The van der Waals surface area contributed by atoms with E-state index in [-0.39, 0.29) is 11.7 Å². The summed E-state index contributed by atoms with van der Waals surface area (Å²) in [4.78, 5) is 29.1. The fourth-order valence-electron chi connectivity index (χ4n) is 2.82. The molecule has 1 atom stereocenters. The number of aromatic nitrogens is 1. The molecule has 0 radical (unpaired) electrons. The van der Waals surface area contributed by atoms with E-state index in [9.17, 15) is 9.59 Å². The summed E-state index contributed by atoms with van der Waals surface area (Å²) >= 11 is 1.51. The number of hydrogen-bond acceptors (Lipinski definition) is 6. The molecule has 0 aliphatic heterocycles. The SMILES string of the molecule is COc1cc(OC(C)=O)c2c(c1)C(=O)CC2c1scnc1C. The number of esters is 1. The van der Waals surface area contributed by atoms with E-state index in [1.165, 1.54) is 25.4 Å². The van der Waals surface area contributed by atoms with Crippen molar-refractivity contribution in [3.05, 3.63) is 39.3 Å². The van der Waals surface area contributed by atoms with Crippen LogP contribution in [0.2, 0.25) is 0 Å². The van der Waals surface area contributed by atoms with E-state index in [1.807, 2.05) is 6.92 Å². The average molecular weight is 317 g/mol. The van der Waals surface area contributed by atoms with Gasteiger partial charge in [-0.15, -0.1) is 11.3 Å². The highest BCUT2D eigenvalue weighted by atomic mass is 32.1. The van der Waals surface area contributed by atoms with Crippen molar-refractivity contribution in [3.8, 4) is 11.5 Å². The maximum atomic E-state index is 12.4. The summed E-state index contributed by atoms with van der Waals surface area (Å²) in [6.45, 7) is 3.26.